The monoisotopic (exact) mass is 356 g/mol. The molecule has 0 N–H and O–H groups in total. The summed E-state index contributed by atoms with van der Waals surface area (Å²) in [6.45, 7) is 1.32. The van der Waals surface area contributed by atoms with E-state index in [-0.39, 0.29) is 12.4 Å². The predicted octanol–water partition coefficient (Wildman–Crippen LogP) is 2.55. The molecular formula is C11H14BrClO4S. The lowest BCUT2D eigenvalue weighted by Gasteiger charge is -2.06. The normalized spacial score (nSPS) is 11.7. The van der Waals surface area contributed by atoms with E-state index in [9.17, 15) is 8.42 Å². The van der Waals surface area contributed by atoms with Gasteiger partial charge in [0.05, 0.1) is 32.2 Å². The first-order valence-electron chi connectivity index (χ1n) is 5.30. The number of rotatable bonds is 8. The molecule has 1 aromatic rings. The zero-order chi connectivity index (χ0) is 13.4. The summed E-state index contributed by atoms with van der Waals surface area (Å²) in [6.07, 6.45) is 0. The fraction of sp³-hybridized carbons (Fsp3) is 0.455. The van der Waals surface area contributed by atoms with Crippen LogP contribution in [0.4, 0.5) is 0 Å². The third-order valence-corrected chi connectivity index (χ3v) is 3.95. The van der Waals surface area contributed by atoms with Gasteiger partial charge in [-0.05, 0) is 11.6 Å². The van der Waals surface area contributed by atoms with Crippen LogP contribution in [0.5, 0.6) is 0 Å². The molecule has 0 radical (unpaired) electrons. The Balaban J connectivity index is 2.08. The first-order valence-corrected chi connectivity index (χ1v) is 8.57. The Bertz CT molecular complexity index is 464. The maximum atomic E-state index is 10.6. The summed E-state index contributed by atoms with van der Waals surface area (Å²) in [7, 11) is 1.56. The highest BCUT2D eigenvalue weighted by Crippen LogP contribution is 2.16. The van der Waals surface area contributed by atoms with Crippen molar-refractivity contribution in [2.75, 3.05) is 25.6 Å². The van der Waals surface area contributed by atoms with Crippen LogP contribution in [0.1, 0.15) is 5.56 Å². The predicted molar refractivity (Wildman–Crippen MR) is 74.3 cm³/mol. The van der Waals surface area contributed by atoms with Crippen molar-refractivity contribution in [2.24, 2.45) is 0 Å². The lowest BCUT2D eigenvalue weighted by atomic mass is 10.2. The van der Waals surface area contributed by atoms with E-state index in [2.05, 4.69) is 15.9 Å². The van der Waals surface area contributed by atoms with Gasteiger partial charge >= 0.3 is 0 Å². The third-order valence-electron chi connectivity index (χ3n) is 2.06. The van der Waals surface area contributed by atoms with Gasteiger partial charge in [0.2, 0.25) is 9.05 Å². The maximum Gasteiger partial charge on any atom is 0.234 e. The van der Waals surface area contributed by atoms with Crippen molar-refractivity contribution in [2.45, 2.75) is 6.61 Å². The summed E-state index contributed by atoms with van der Waals surface area (Å²) in [5, 5.41) is 0. The fourth-order valence-electron chi connectivity index (χ4n) is 1.18. The van der Waals surface area contributed by atoms with Crippen LogP contribution in [-0.2, 0) is 25.1 Å². The van der Waals surface area contributed by atoms with Crippen LogP contribution in [0.25, 0.3) is 0 Å². The van der Waals surface area contributed by atoms with Gasteiger partial charge in [-0.25, -0.2) is 8.42 Å². The van der Waals surface area contributed by atoms with Crippen LogP contribution in [0.3, 0.4) is 0 Å². The smallest absolute Gasteiger partial charge is 0.234 e. The Labute approximate surface area is 120 Å². The topological polar surface area (TPSA) is 52.6 Å². The zero-order valence-corrected chi connectivity index (χ0v) is 12.8. The van der Waals surface area contributed by atoms with Gasteiger partial charge in [-0.15, -0.1) is 0 Å². The van der Waals surface area contributed by atoms with E-state index >= 15 is 0 Å². The largest absolute Gasteiger partial charge is 0.378 e. The quantitative estimate of drug-likeness (QED) is 0.530. The number of benzene rings is 1. The van der Waals surface area contributed by atoms with Crippen LogP contribution in [-0.4, -0.2) is 34.0 Å². The minimum atomic E-state index is -3.47. The van der Waals surface area contributed by atoms with Crippen molar-refractivity contribution >= 4 is 35.7 Å². The van der Waals surface area contributed by atoms with E-state index in [4.69, 9.17) is 20.2 Å². The molecule has 0 aliphatic carbocycles. The highest BCUT2D eigenvalue weighted by atomic mass is 79.9. The molecule has 0 aliphatic heterocycles. The van der Waals surface area contributed by atoms with Gasteiger partial charge in [-0.2, -0.15) is 0 Å². The third kappa shape index (κ3) is 7.33. The molecule has 0 aliphatic rings. The van der Waals surface area contributed by atoms with Gasteiger partial charge in [0.1, 0.15) is 0 Å². The second-order valence-electron chi connectivity index (χ2n) is 3.50. The van der Waals surface area contributed by atoms with Crippen LogP contribution in [0.2, 0.25) is 0 Å². The van der Waals surface area contributed by atoms with E-state index in [1.165, 1.54) is 0 Å². The van der Waals surface area contributed by atoms with Crippen molar-refractivity contribution < 1.29 is 17.9 Å². The van der Waals surface area contributed by atoms with E-state index in [1.54, 1.807) is 0 Å². The highest BCUT2D eigenvalue weighted by molar-refractivity contribution is 9.10. The molecule has 0 heterocycles. The molecule has 0 saturated carbocycles. The Morgan fingerprint density at radius 3 is 2.44 bits per heavy atom. The van der Waals surface area contributed by atoms with Crippen molar-refractivity contribution in [3.8, 4) is 0 Å². The Kier molecular flexibility index (Phi) is 7.18. The van der Waals surface area contributed by atoms with Crippen molar-refractivity contribution in [1.29, 1.82) is 0 Å². The van der Waals surface area contributed by atoms with E-state index < -0.39 is 9.05 Å². The van der Waals surface area contributed by atoms with Gasteiger partial charge in [-0.3, -0.25) is 0 Å². The van der Waals surface area contributed by atoms with Crippen LogP contribution < -0.4 is 0 Å². The van der Waals surface area contributed by atoms with Crippen LogP contribution >= 0.6 is 26.6 Å². The summed E-state index contributed by atoms with van der Waals surface area (Å²) in [5.41, 5.74) is 1.06. The van der Waals surface area contributed by atoms with Gasteiger partial charge in [0, 0.05) is 15.2 Å². The standard InChI is InChI=1S/C11H14BrClO4S/c12-11-4-2-1-3-10(11)9-17-6-5-16-7-8-18(13,14)15/h1-4H,5-9H2. The summed E-state index contributed by atoms with van der Waals surface area (Å²) < 4.78 is 32.7. The van der Waals surface area contributed by atoms with E-state index in [0.29, 0.717) is 19.8 Å². The molecule has 0 spiro atoms. The Hall–Kier alpha value is -0.140. The molecule has 102 valence electrons. The lowest BCUT2D eigenvalue weighted by Crippen LogP contribution is -2.10. The minimum Gasteiger partial charge on any atom is -0.378 e. The van der Waals surface area contributed by atoms with Crippen molar-refractivity contribution in [3.05, 3.63) is 34.3 Å². The molecule has 0 atom stereocenters. The molecule has 0 fully saturated rings. The van der Waals surface area contributed by atoms with Gasteiger partial charge in [0.25, 0.3) is 0 Å². The van der Waals surface area contributed by atoms with E-state index in [1.807, 2.05) is 24.3 Å². The minimum absolute atomic E-state index is 0.0875. The van der Waals surface area contributed by atoms with E-state index in [0.717, 1.165) is 10.0 Å². The summed E-state index contributed by atoms with van der Waals surface area (Å²) in [5.74, 6) is -0.182. The Morgan fingerprint density at radius 1 is 1.11 bits per heavy atom. The molecule has 4 nitrogen and oxygen atoms in total. The zero-order valence-electron chi connectivity index (χ0n) is 9.64. The molecule has 0 amide bonds. The molecule has 0 unspecified atom stereocenters. The number of halogens is 2. The maximum absolute atomic E-state index is 10.6. The second kappa shape index (κ2) is 8.12. The summed E-state index contributed by atoms with van der Waals surface area (Å²) in [4.78, 5) is 0. The fourth-order valence-corrected chi connectivity index (χ4v) is 2.08. The number of hydrogen-bond acceptors (Lipinski definition) is 4. The Morgan fingerprint density at radius 2 is 1.78 bits per heavy atom. The van der Waals surface area contributed by atoms with Crippen LogP contribution in [0.15, 0.2) is 28.7 Å². The first kappa shape index (κ1) is 15.9. The molecule has 18 heavy (non-hydrogen) atoms. The molecule has 0 saturated heterocycles. The summed E-state index contributed by atoms with van der Waals surface area (Å²) >= 11 is 3.42. The molecule has 0 aromatic heterocycles. The van der Waals surface area contributed by atoms with Gasteiger partial charge < -0.3 is 9.47 Å². The molecule has 1 aromatic carbocycles. The van der Waals surface area contributed by atoms with Gasteiger partial charge in [-0.1, -0.05) is 34.1 Å². The summed E-state index contributed by atoms with van der Waals surface area (Å²) in [6, 6.07) is 7.78. The average molecular weight is 358 g/mol. The van der Waals surface area contributed by atoms with Crippen molar-refractivity contribution in [3.63, 3.8) is 0 Å². The number of ether oxygens (including phenoxy) is 2. The van der Waals surface area contributed by atoms with Crippen molar-refractivity contribution in [1.82, 2.24) is 0 Å². The second-order valence-corrected chi connectivity index (χ2v) is 7.25. The molecule has 7 heteroatoms. The molecule has 1 rings (SSSR count). The highest BCUT2D eigenvalue weighted by Gasteiger charge is 2.04. The van der Waals surface area contributed by atoms with Crippen LogP contribution in [0, 0.1) is 0 Å². The molecular weight excluding hydrogens is 344 g/mol. The molecule has 0 bridgehead atoms. The average Bonchev–Trinajstić information content (AvgIpc) is 2.28. The first-order chi connectivity index (χ1) is 8.49. The van der Waals surface area contributed by atoms with Gasteiger partial charge in [0.15, 0.2) is 0 Å². The lowest BCUT2D eigenvalue weighted by molar-refractivity contribution is 0.0457. The number of hydrogen-bond donors (Lipinski definition) is 0. The SMILES string of the molecule is O=S(=O)(Cl)CCOCCOCc1ccccc1Br.